The average molecular weight is 312 g/mol. The largest absolute Gasteiger partial charge is 0.352 e. The van der Waals surface area contributed by atoms with Crippen molar-refractivity contribution in [2.75, 3.05) is 25.0 Å². The van der Waals surface area contributed by atoms with Gasteiger partial charge in [0.15, 0.2) is 0 Å². The number of carbonyl (C=O) groups is 2. The second-order valence-corrected chi connectivity index (χ2v) is 5.10. The molecule has 0 aliphatic carbocycles. The van der Waals surface area contributed by atoms with Gasteiger partial charge in [-0.1, -0.05) is 19.1 Å². The van der Waals surface area contributed by atoms with Crippen molar-refractivity contribution >= 4 is 29.9 Å². The van der Waals surface area contributed by atoms with Crippen LogP contribution in [0.1, 0.15) is 24.2 Å². The van der Waals surface area contributed by atoms with Gasteiger partial charge in [-0.3, -0.25) is 9.59 Å². The molecule has 116 valence electrons. The van der Waals surface area contributed by atoms with Crippen molar-refractivity contribution in [1.29, 1.82) is 0 Å². The molecule has 0 spiro atoms. The number of halogens is 1. The van der Waals surface area contributed by atoms with Gasteiger partial charge in [-0.05, 0) is 38.1 Å². The summed E-state index contributed by atoms with van der Waals surface area (Å²) in [7, 11) is 0. The Kier molecular flexibility index (Phi) is 6.65. The zero-order chi connectivity index (χ0) is 14.5. The molecule has 2 amide bonds. The molecule has 1 saturated heterocycles. The zero-order valence-corrected chi connectivity index (χ0v) is 13.1. The van der Waals surface area contributed by atoms with E-state index in [1.807, 2.05) is 19.9 Å². The first-order valence-corrected chi connectivity index (χ1v) is 7.02. The van der Waals surface area contributed by atoms with Crippen LogP contribution < -0.4 is 16.0 Å². The number of para-hydroxylation sites is 1. The number of anilines is 1. The molecule has 0 aromatic heterocycles. The number of hydrogen-bond donors (Lipinski definition) is 3. The molecule has 1 aliphatic heterocycles. The standard InChI is InChI=1S/C15H21N3O2.ClH/c1-3-17-15(20)12-6-4-5-7-13(12)18-14(19)10(2)11-8-16-9-11;/h4-7,10-11,16H,3,8-9H2,1-2H3,(H,17,20)(H,18,19);1H. The highest BCUT2D eigenvalue weighted by Crippen LogP contribution is 2.20. The van der Waals surface area contributed by atoms with Crippen molar-refractivity contribution < 1.29 is 9.59 Å². The van der Waals surface area contributed by atoms with Crippen LogP contribution in [0, 0.1) is 11.8 Å². The minimum atomic E-state index is -0.165. The van der Waals surface area contributed by atoms with Gasteiger partial charge in [0.25, 0.3) is 5.91 Å². The molecule has 1 unspecified atom stereocenters. The van der Waals surface area contributed by atoms with Crippen molar-refractivity contribution in [1.82, 2.24) is 10.6 Å². The Morgan fingerprint density at radius 3 is 2.57 bits per heavy atom. The van der Waals surface area contributed by atoms with E-state index in [0.717, 1.165) is 13.1 Å². The molecule has 1 fully saturated rings. The number of amides is 2. The minimum absolute atomic E-state index is 0. The van der Waals surface area contributed by atoms with E-state index in [1.54, 1.807) is 18.2 Å². The van der Waals surface area contributed by atoms with Gasteiger partial charge >= 0.3 is 0 Å². The van der Waals surface area contributed by atoms with Crippen molar-refractivity contribution in [3.05, 3.63) is 29.8 Å². The molecule has 21 heavy (non-hydrogen) atoms. The summed E-state index contributed by atoms with van der Waals surface area (Å²) in [5.74, 6) is 0.125. The summed E-state index contributed by atoms with van der Waals surface area (Å²) in [6.45, 7) is 6.12. The lowest BCUT2D eigenvalue weighted by atomic mass is 9.88. The monoisotopic (exact) mass is 311 g/mol. The highest BCUT2D eigenvalue weighted by Gasteiger charge is 2.29. The lowest BCUT2D eigenvalue weighted by molar-refractivity contribution is -0.121. The topological polar surface area (TPSA) is 70.2 Å². The number of benzene rings is 1. The Hall–Kier alpha value is -1.59. The zero-order valence-electron chi connectivity index (χ0n) is 12.3. The summed E-state index contributed by atoms with van der Waals surface area (Å²) in [6, 6.07) is 7.08. The van der Waals surface area contributed by atoms with Crippen molar-refractivity contribution in [2.45, 2.75) is 13.8 Å². The summed E-state index contributed by atoms with van der Waals surface area (Å²) in [5, 5.41) is 8.78. The van der Waals surface area contributed by atoms with Crippen LogP contribution in [0.25, 0.3) is 0 Å². The van der Waals surface area contributed by atoms with Crippen LogP contribution in [0.5, 0.6) is 0 Å². The van der Waals surface area contributed by atoms with Gasteiger partial charge in [0.2, 0.25) is 5.91 Å². The second kappa shape index (κ2) is 8.00. The molecule has 2 rings (SSSR count). The van der Waals surface area contributed by atoms with Crippen molar-refractivity contribution in [3.8, 4) is 0 Å². The lowest BCUT2D eigenvalue weighted by Crippen LogP contribution is -2.48. The van der Waals surface area contributed by atoms with Gasteiger partial charge in [0.1, 0.15) is 0 Å². The van der Waals surface area contributed by atoms with Crippen LogP contribution in [0.15, 0.2) is 24.3 Å². The third kappa shape index (κ3) is 4.19. The molecular weight excluding hydrogens is 290 g/mol. The van der Waals surface area contributed by atoms with Gasteiger partial charge in [-0.2, -0.15) is 0 Å². The summed E-state index contributed by atoms with van der Waals surface area (Å²) < 4.78 is 0. The van der Waals surface area contributed by atoms with Crippen molar-refractivity contribution in [2.24, 2.45) is 11.8 Å². The first-order valence-electron chi connectivity index (χ1n) is 7.02. The number of carbonyl (C=O) groups excluding carboxylic acids is 2. The van der Waals surface area contributed by atoms with Gasteiger partial charge < -0.3 is 16.0 Å². The van der Waals surface area contributed by atoms with Crippen LogP contribution in [-0.4, -0.2) is 31.4 Å². The lowest BCUT2D eigenvalue weighted by Gasteiger charge is -2.31. The van der Waals surface area contributed by atoms with E-state index in [0.29, 0.717) is 23.7 Å². The van der Waals surface area contributed by atoms with Crippen LogP contribution in [0.3, 0.4) is 0 Å². The summed E-state index contributed by atoms with van der Waals surface area (Å²) in [5.41, 5.74) is 1.07. The smallest absolute Gasteiger partial charge is 0.253 e. The maximum Gasteiger partial charge on any atom is 0.253 e. The number of rotatable bonds is 5. The minimum Gasteiger partial charge on any atom is -0.352 e. The van der Waals surface area contributed by atoms with Gasteiger partial charge in [0, 0.05) is 12.5 Å². The van der Waals surface area contributed by atoms with Crippen LogP contribution >= 0.6 is 12.4 Å². The van der Waals surface area contributed by atoms with Gasteiger partial charge in [-0.25, -0.2) is 0 Å². The van der Waals surface area contributed by atoms with E-state index >= 15 is 0 Å². The van der Waals surface area contributed by atoms with E-state index in [4.69, 9.17) is 0 Å². The molecule has 1 aliphatic rings. The third-order valence-electron chi connectivity index (χ3n) is 3.70. The Labute approximate surface area is 131 Å². The predicted molar refractivity (Wildman–Crippen MR) is 85.9 cm³/mol. The summed E-state index contributed by atoms with van der Waals surface area (Å²) >= 11 is 0. The molecule has 6 heteroatoms. The fraction of sp³-hybridized carbons (Fsp3) is 0.467. The second-order valence-electron chi connectivity index (χ2n) is 5.10. The highest BCUT2D eigenvalue weighted by molar-refractivity contribution is 6.04. The molecule has 0 saturated carbocycles. The fourth-order valence-corrected chi connectivity index (χ4v) is 2.17. The predicted octanol–water partition coefficient (Wildman–Crippen LogP) is 1.65. The molecule has 5 nitrogen and oxygen atoms in total. The van der Waals surface area contributed by atoms with Crippen LogP contribution in [0.4, 0.5) is 5.69 Å². The highest BCUT2D eigenvalue weighted by atomic mass is 35.5. The molecule has 1 atom stereocenters. The SMILES string of the molecule is CCNC(=O)c1ccccc1NC(=O)C(C)C1CNC1.Cl. The molecule has 3 N–H and O–H groups in total. The summed E-state index contributed by atoms with van der Waals surface area (Å²) in [6.07, 6.45) is 0. The summed E-state index contributed by atoms with van der Waals surface area (Å²) in [4.78, 5) is 24.2. The van der Waals surface area contributed by atoms with Gasteiger partial charge in [-0.15, -0.1) is 12.4 Å². The first kappa shape index (κ1) is 17.5. The Morgan fingerprint density at radius 2 is 2.00 bits per heavy atom. The molecule has 1 heterocycles. The Bertz CT molecular complexity index is 503. The van der Waals surface area contributed by atoms with Gasteiger partial charge in [0.05, 0.1) is 11.3 Å². The fourth-order valence-electron chi connectivity index (χ4n) is 2.17. The average Bonchev–Trinajstić information content (AvgIpc) is 2.37. The number of hydrogen-bond acceptors (Lipinski definition) is 3. The van der Waals surface area contributed by atoms with E-state index in [-0.39, 0.29) is 30.1 Å². The molecule has 1 aromatic carbocycles. The number of nitrogens with one attached hydrogen (secondary N) is 3. The quantitative estimate of drug-likeness (QED) is 0.774. The third-order valence-corrected chi connectivity index (χ3v) is 3.70. The normalized spacial score (nSPS) is 15.3. The first-order chi connectivity index (χ1) is 9.63. The van der Waals surface area contributed by atoms with Crippen LogP contribution in [-0.2, 0) is 4.79 Å². The maximum absolute atomic E-state index is 12.2. The van der Waals surface area contributed by atoms with E-state index < -0.39 is 0 Å². The Balaban J connectivity index is 0.00000220. The molecular formula is C15H22ClN3O2. The molecule has 0 radical (unpaired) electrons. The van der Waals surface area contributed by atoms with E-state index in [1.165, 1.54) is 0 Å². The van der Waals surface area contributed by atoms with E-state index in [9.17, 15) is 9.59 Å². The van der Waals surface area contributed by atoms with Crippen LogP contribution in [0.2, 0.25) is 0 Å². The van der Waals surface area contributed by atoms with E-state index in [2.05, 4.69) is 16.0 Å². The molecule has 0 bridgehead atoms. The molecule has 1 aromatic rings. The van der Waals surface area contributed by atoms with Crippen molar-refractivity contribution in [3.63, 3.8) is 0 Å². The Morgan fingerprint density at radius 1 is 1.33 bits per heavy atom. The maximum atomic E-state index is 12.2.